The summed E-state index contributed by atoms with van der Waals surface area (Å²) in [5, 5.41) is 12.6. The van der Waals surface area contributed by atoms with Gasteiger partial charge in [-0.05, 0) is 69.3 Å². The molecule has 3 aromatic rings. The Balaban J connectivity index is 1.73. The number of aromatic amines is 1. The Morgan fingerprint density at radius 1 is 1.18 bits per heavy atom. The topological polar surface area (TPSA) is 109 Å². The van der Waals surface area contributed by atoms with Crippen LogP contribution in [0, 0.1) is 12.8 Å². The van der Waals surface area contributed by atoms with Crippen molar-refractivity contribution in [3.8, 4) is 0 Å². The molecule has 0 radical (unpaired) electrons. The summed E-state index contributed by atoms with van der Waals surface area (Å²) in [7, 11) is -0.685. The van der Waals surface area contributed by atoms with E-state index in [0.29, 0.717) is 25.9 Å². The van der Waals surface area contributed by atoms with Gasteiger partial charge in [-0.2, -0.15) is 8.42 Å². The van der Waals surface area contributed by atoms with Gasteiger partial charge in [-0.25, -0.2) is 0 Å². The number of carbonyl (C=O) groups excluding carboxylic acids is 1. The fourth-order valence-corrected chi connectivity index (χ4v) is 6.48. The monoisotopic (exact) mass is 542 g/mol. The quantitative estimate of drug-likeness (QED) is 0.356. The lowest BCUT2D eigenvalue weighted by Crippen LogP contribution is -2.43. The highest BCUT2D eigenvalue weighted by Crippen LogP contribution is 2.37. The minimum Gasteiger partial charge on any atom is -0.469 e. The number of nitrogens with zero attached hydrogens (tertiary/aromatic N) is 1. The van der Waals surface area contributed by atoms with Gasteiger partial charge in [-0.15, -0.1) is 0 Å². The van der Waals surface area contributed by atoms with Crippen molar-refractivity contribution in [2.24, 2.45) is 5.92 Å². The van der Waals surface area contributed by atoms with Gasteiger partial charge >= 0.3 is 5.97 Å². The van der Waals surface area contributed by atoms with E-state index in [4.69, 9.17) is 8.92 Å². The molecule has 2 heterocycles. The standard InChI is InChI=1S/C29H38N2O6S/c1-5-29(33)17-21(18-37-38(34,35)22-12-10-20(2)11-13-22)16-25(28(32)36-4)27-24(14-15-31(3)19-29)23-8-6-7-9-26(23)30-27/h6-13,21,25,30,33H,5,14-19H2,1-4H3/t21-,25?,29+/m1/s1. The number of carbonyl (C=O) groups is 1. The maximum absolute atomic E-state index is 13.2. The van der Waals surface area contributed by atoms with E-state index in [2.05, 4.69) is 9.88 Å². The fraction of sp³-hybridized carbons (Fsp3) is 0.483. The molecule has 1 aliphatic heterocycles. The van der Waals surface area contributed by atoms with Crippen LogP contribution < -0.4 is 0 Å². The third kappa shape index (κ3) is 6.29. The highest BCUT2D eigenvalue weighted by Gasteiger charge is 2.37. The number of hydrogen-bond donors (Lipinski definition) is 2. The third-order valence-corrected chi connectivity index (χ3v) is 8.95. The number of rotatable bonds is 6. The highest BCUT2D eigenvalue weighted by atomic mass is 32.2. The highest BCUT2D eigenvalue weighted by molar-refractivity contribution is 7.86. The van der Waals surface area contributed by atoms with E-state index in [1.165, 1.54) is 19.2 Å². The van der Waals surface area contributed by atoms with Crippen molar-refractivity contribution < 1.29 is 27.2 Å². The van der Waals surface area contributed by atoms with Crippen LogP contribution in [0.5, 0.6) is 0 Å². The number of aryl methyl sites for hydroxylation is 1. The van der Waals surface area contributed by atoms with Gasteiger partial charge in [0, 0.05) is 29.7 Å². The number of para-hydroxylation sites is 1. The van der Waals surface area contributed by atoms with Crippen LogP contribution >= 0.6 is 0 Å². The van der Waals surface area contributed by atoms with Crippen LogP contribution in [0.2, 0.25) is 0 Å². The van der Waals surface area contributed by atoms with Gasteiger partial charge in [0.2, 0.25) is 0 Å². The number of fused-ring (bicyclic) bond motifs is 3. The lowest BCUT2D eigenvalue weighted by molar-refractivity contribution is -0.143. The number of H-pyrrole nitrogens is 1. The Morgan fingerprint density at radius 2 is 1.89 bits per heavy atom. The lowest BCUT2D eigenvalue weighted by atomic mass is 9.82. The first-order valence-corrected chi connectivity index (χ1v) is 14.5. The zero-order valence-corrected chi connectivity index (χ0v) is 23.4. The van der Waals surface area contributed by atoms with Crippen LogP contribution in [-0.4, -0.2) is 68.8 Å². The first-order chi connectivity index (χ1) is 18.0. The van der Waals surface area contributed by atoms with Gasteiger partial charge in [0.05, 0.1) is 30.1 Å². The first-order valence-electron chi connectivity index (χ1n) is 13.1. The second-order valence-corrected chi connectivity index (χ2v) is 12.2. The summed E-state index contributed by atoms with van der Waals surface area (Å²) in [5.41, 5.74) is 2.62. The molecule has 2 N–H and O–H groups in total. The van der Waals surface area contributed by atoms with Crippen LogP contribution in [0.25, 0.3) is 10.9 Å². The Bertz CT molecular complexity index is 1370. The van der Waals surface area contributed by atoms with Crippen molar-refractivity contribution in [2.75, 3.05) is 33.9 Å². The van der Waals surface area contributed by atoms with Gasteiger partial charge in [0.1, 0.15) is 0 Å². The summed E-state index contributed by atoms with van der Waals surface area (Å²) in [6, 6.07) is 14.4. The second kappa shape index (κ2) is 11.6. The van der Waals surface area contributed by atoms with Crippen LogP contribution in [0.4, 0.5) is 0 Å². The van der Waals surface area contributed by atoms with E-state index in [1.807, 2.05) is 45.2 Å². The number of ether oxygens (including phenoxy) is 1. The summed E-state index contributed by atoms with van der Waals surface area (Å²) >= 11 is 0. The number of esters is 1. The minimum atomic E-state index is -4.02. The number of nitrogens with one attached hydrogen (secondary N) is 1. The maximum atomic E-state index is 13.2. The van der Waals surface area contributed by atoms with E-state index in [0.717, 1.165) is 27.7 Å². The summed E-state index contributed by atoms with van der Waals surface area (Å²) in [4.78, 5) is 18.8. The van der Waals surface area contributed by atoms with Crippen molar-refractivity contribution in [1.82, 2.24) is 9.88 Å². The molecule has 0 aliphatic carbocycles. The molecule has 38 heavy (non-hydrogen) atoms. The van der Waals surface area contributed by atoms with Gasteiger partial charge in [0.15, 0.2) is 0 Å². The second-order valence-electron chi connectivity index (χ2n) is 10.6. The number of hydrogen-bond acceptors (Lipinski definition) is 7. The average molecular weight is 543 g/mol. The van der Waals surface area contributed by atoms with Crippen LogP contribution in [0.15, 0.2) is 53.4 Å². The Morgan fingerprint density at radius 3 is 2.58 bits per heavy atom. The van der Waals surface area contributed by atoms with Crippen LogP contribution in [0.1, 0.15) is 48.9 Å². The molecule has 1 aliphatic rings. The summed E-state index contributed by atoms with van der Waals surface area (Å²) in [5.74, 6) is -1.51. The summed E-state index contributed by atoms with van der Waals surface area (Å²) < 4.78 is 36.8. The molecule has 8 nitrogen and oxygen atoms in total. The van der Waals surface area contributed by atoms with Crippen molar-refractivity contribution in [2.45, 2.75) is 55.9 Å². The minimum absolute atomic E-state index is 0.0766. The van der Waals surface area contributed by atoms with Crippen molar-refractivity contribution in [1.29, 1.82) is 0 Å². The average Bonchev–Trinajstić information content (AvgIpc) is 3.26. The molecule has 1 unspecified atom stereocenters. The number of aromatic nitrogens is 1. The molecule has 0 saturated carbocycles. The SMILES string of the molecule is CC[C@]1(O)C[C@H](COS(=O)(=O)c2ccc(C)cc2)CC(C(=O)OC)c2[nH]c3ccccc3c2CCN(C)C1. The molecule has 1 aromatic heterocycles. The molecule has 3 atom stereocenters. The molecular formula is C29H38N2O6S. The molecule has 206 valence electrons. The molecule has 9 heteroatoms. The fourth-order valence-electron chi connectivity index (χ4n) is 5.51. The van der Waals surface area contributed by atoms with Crippen LogP contribution in [-0.2, 0) is 30.3 Å². The van der Waals surface area contributed by atoms with E-state index in [1.54, 1.807) is 12.1 Å². The normalized spacial score (nSPS) is 23.5. The van der Waals surface area contributed by atoms with Crippen molar-refractivity contribution >= 4 is 27.0 Å². The maximum Gasteiger partial charge on any atom is 0.314 e. The molecule has 0 saturated heterocycles. The lowest BCUT2D eigenvalue weighted by Gasteiger charge is -2.34. The smallest absolute Gasteiger partial charge is 0.314 e. The van der Waals surface area contributed by atoms with E-state index in [9.17, 15) is 18.3 Å². The Labute approximate surface area is 225 Å². The number of aliphatic hydroxyl groups is 1. The first kappa shape index (κ1) is 28.3. The molecule has 4 rings (SSSR count). The molecule has 0 bridgehead atoms. The predicted molar refractivity (Wildman–Crippen MR) is 147 cm³/mol. The largest absolute Gasteiger partial charge is 0.469 e. The zero-order valence-electron chi connectivity index (χ0n) is 22.6. The van der Waals surface area contributed by atoms with Gasteiger partial charge < -0.3 is 19.7 Å². The van der Waals surface area contributed by atoms with E-state index < -0.39 is 33.5 Å². The van der Waals surface area contributed by atoms with Crippen molar-refractivity contribution in [3.05, 3.63) is 65.4 Å². The third-order valence-electron chi connectivity index (χ3n) is 7.65. The molecular weight excluding hydrogens is 504 g/mol. The number of benzene rings is 2. The molecule has 0 fully saturated rings. The molecule has 2 aromatic carbocycles. The number of likely N-dealkylation sites (N-methyl/N-ethyl adjacent to an activating group) is 1. The van der Waals surface area contributed by atoms with Crippen LogP contribution in [0.3, 0.4) is 0 Å². The summed E-state index contributed by atoms with van der Waals surface area (Å²) in [6.45, 7) is 4.75. The van der Waals surface area contributed by atoms with E-state index >= 15 is 0 Å². The predicted octanol–water partition coefficient (Wildman–Crippen LogP) is 4.16. The summed E-state index contributed by atoms with van der Waals surface area (Å²) in [6.07, 6.45) is 1.71. The van der Waals surface area contributed by atoms with Gasteiger partial charge in [-0.1, -0.05) is 42.8 Å². The van der Waals surface area contributed by atoms with Gasteiger partial charge in [-0.3, -0.25) is 8.98 Å². The molecule has 0 amide bonds. The van der Waals surface area contributed by atoms with E-state index in [-0.39, 0.29) is 24.3 Å². The Hall–Kier alpha value is -2.72. The number of β-amino-alcohol motifs (C(OH)–C–C–N with tert-alkyl or cyclic N) is 1. The van der Waals surface area contributed by atoms with Crippen molar-refractivity contribution in [3.63, 3.8) is 0 Å². The van der Waals surface area contributed by atoms with Gasteiger partial charge in [0.25, 0.3) is 10.1 Å². The molecule has 0 spiro atoms. The Kier molecular flexibility index (Phi) is 8.62. The zero-order chi connectivity index (χ0) is 27.5. The number of methoxy groups -OCH3 is 1.